The van der Waals surface area contributed by atoms with E-state index in [0.717, 1.165) is 24.2 Å². The number of fused-ring (bicyclic) bond motifs is 2. The number of nitrogens with two attached hydrogens (primary N) is 1. The van der Waals surface area contributed by atoms with E-state index in [1.165, 1.54) is 24.9 Å². The number of hydrogen-bond acceptors (Lipinski definition) is 7. The number of nitrogen functional groups attached to an aromatic ring is 1. The summed E-state index contributed by atoms with van der Waals surface area (Å²) in [5.74, 6) is -0.545. The number of thiazole rings is 1. The molecule has 0 aliphatic heterocycles. The van der Waals surface area contributed by atoms with Gasteiger partial charge in [-0.2, -0.15) is 0 Å². The van der Waals surface area contributed by atoms with Crippen LogP contribution in [0.1, 0.15) is 19.3 Å². The molecule has 32 heavy (non-hydrogen) atoms. The fraction of sp³-hybridized carbons (Fsp3) is 0.318. The number of aromatic nitrogens is 3. The van der Waals surface area contributed by atoms with E-state index in [0.29, 0.717) is 23.3 Å². The zero-order chi connectivity index (χ0) is 22.6. The van der Waals surface area contributed by atoms with Gasteiger partial charge >= 0.3 is 0 Å². The van der Waals surface area contributed by atoms with Gasteiger partial charge in [-0.05, 0) is 51.6 Å². The van der Waals surface area contributed by atoms with Gasteiger partial charge in [-0.1, -0.05) is 22.9 Å². The summed E-state index contributed by atoms with van der Waals surface area (Å²) in [7, 11) is 4.13. The van der Waals surface area contributed by atoms with Crippen LogP contribution in [0.2, 0.25) is 5.02 Å². The van der Waals surface area contributed by atoms with Crippen molar-refractivity contribution in [1.82, 2.24) is 19.9 Å². The van der Waals surface area contributed by atoms with Gasteiger partial charge in [-0.15, -0.1) is 0 Å². The Hall–Kier alpha value is -2.62. The van der Waals surface area contributed by atoms with Gasteiger partial charge < -0.3 is 16.0 Å². The average molecular weight is 475 g/mol. The number of likely N-dealkylation sites (N-methyl/N-ethyl adjacent to an activating group) is 1. The Labute approximate surface area is 192 Å². The molecule has 0 radical (unpaired) electrons. The number of hydrogen-bond donors (Lipinski definition) is 2. The summed E-state index contributed by atoms with van der Waals surface area (Å²) >= 11 is 7.57. The number of halogens is 3. The van der Waals surface area contributed by atoms with Crippen LogP contribution in [0.5, 0.6) is 0 Å². The molecule has 3 N–H and O–H groups in total. The van der Waals surface area contributed by atoms with E-state index in [1.54, 1.807) is 6.07 Å². The van der Waals surface area contributed by atoms with Crippen molar-refractivity contribution in [2.45, 2.75) is 24.8 Å². The largest absolute Gasteiger partial charge is 0.375 e. The van der Waals surface area contributed by atoms with Crippen LogP contribution in [0, 0.1) is 11.6 Å². The maximum Gasteiger partial charge on any atom is 0.181 e. The van der Waals surface area contributed by atoms with Crippen LogP contribution < -0.4 is 11.1 Å². The molecule has 0 spiro atoms. The monoisotopic (exact) mass is 474 g/mol. The predicted molar refractivity (Wildman–Crippen MR) is 126 cm³/mol. The second-order valence-corrected chi connectivity index (χ2v) is 9.75. The molecule has 2 aromatic carbocycles. The van der Waals surface area contributed by atoms with Crippen LogP contribution in [0.4, 0.5) is 19.7 Å². The zero-order valence-corrected chi connectivity index (χ0v) is 19.1. The number of rotatable bonds is 5. The number of anilines is 2. The molecule has 0 saturated heterocycles. The van der Waals surface area contributed by atoms with Crippen molar-refractivity contribution in [2.24, 2.45) is 0 Å². The molecule has 6 nitrogen and oxygen atoms in total. The first kappa shape index (κ1) is 21.2. The number of benzene rings is 2. The third-order valence-corrected chi connectivity index (χ3v) is 7.61. The average Bonchev–Trinajstić information content (AvgIpc) is 3.11. The minimum absolute atomic E-state index is 0.0593. The van der Waals surface area contributed by atoms with Gasteiger partial charge in [0.05, 0.1) is 15.2 Å². The van der Waals surface area contributed by atoms with E-state index < -0.39 is 11.6 Å². The van der Waals surface area contributed by atoms with Crippen molar-refractivity contribution in [1.29, 1.82) is 0 Å². The molecule has 1 aliphatic rings. The van der Waals surface area contributed by atoms with Crippen LogP contribution in [-0.4, -0.2) is 46.0 Å². The van der Waals surface area contributed by atoms with Crippen molar-refractivity contribution < 1.29 is 8.78 Å². The minimum atomic E-state index is -0.608. The second kappa shape index (κ2) is 7.75. The second-order valence-electron chi connectivity index (χ2n) is 8.32. The fourth-order valence-corrected chi connectivity index (χ4v) is 5.38. The number of nitrogens with zero attached hydrogens (tertiary/aromatic N) is 4. The topological polar surface area (TPSA) is 80.0 Å². The summed E-state index contributed by atoms with van der Waals surface area (Å²) in [5, 5.41) is 4.22. The third kappa shape index (κ3) is 3.27. The zero-order valence-electron chi connectivity index (χ0n) is 17.5. The van der Waals surface area contributed by atoms with Crippen molar-refractivity contribution in [2.75, 3.05) is 31.7 Å². The molecular weight excluding hydrogens is 454 g/mol. The Bertz CT molecular complexity index is 1350. The molecule has 1 fully saturated rings. The Morgan fingerprint density at radius 1 is 1.22 bits per heavy atom. The molecule has 5 rings (SSSR count). The maximum atomic E-state index is 15.8. The van der Waals surface area contributed by atoms with Gasteiger partial charge in [0.2, 0.25) is 0 Å². The summed E-state index contributed by atoms with van der Waals surface area (Å²) in [6.07, 6.45) is 4.69. The smallest absolute Gasteiger partial charge is 0.181 e. The lowest BCUT2D eigenvalue weighted by Gasteiger charge is -2.47. The highest BCUT2D eigenvalue weighted by Gasteiger charge is 2.39. The molecule has 4 aromatic rings. The summed E-state index contributed by atoms with van der Waals surface area (Å²) in [6, 6.07) is 4.37. The SMILES string of the molecule is CN(C)C1(CNc2ncnc3c(F)c(-c4ccc(F)c5sc(N)nc45)c(Cl)cc23)CCC1. The van der Waals surface area contributed by atoms with Crippen LogP contribution >= 0.6 is 22.9 Å². The predicted octanol–water partition coefficient (Wildman–Crippen LogP) is 5.32. The minimum Gasteiger partial charge on any atom is -0.375 e. The Kier molecular flexibility index (Phi) is 5.15. The molecule has 10 heteroatoms. The van der Waals surface area contributed by atoms with E-state index in [4.69, 9.17) is 17.3 Å². The lowest BCUT2D eigenvalue weighted by molar-refractivity contribution is 0.0738. The van der Waals surface area contributed by atoms with Crippen molar-refractivity contribution in [3.8, 4) is 11.1 Å². The first-order valence-corrected chi connectivity index (χ1v) is 11.4. The van der Waals surface area contributed by atoms with E-state index in [-0.39, 0.29) is 37.0 Å². The van der Waals surface area contributed by atoms with Crippen LogP contribution in [0.3, 0.4) is 0 Å². The lowest BCUT2D eigenvalue weighted by Crippen LogP contribution is -2.54. The van der Waals surface area contributed by atoms with E-state index in [9.17, 15) is 4.39 Å². The quantitative estimate of drug-likeness (QED) is 0.407. The van der Waals surface area contributed by atoms with Gasteiger partial charge in [0, 0.05) is 28.6 Å². The first-order valence-electron chi connectivity index (χ1n) is 10.2. The molecule has 0 bridgehead atoms. The van der Waals surface area contributed by atoms with Gasteiger partial charge in [0.15, 0.2) is 10.9 Å². The van der Waals surface area contributed by atoms with Gasteiger partial charge in [0.1, 0.15) is 23.5 Å². The summed E-state index contributed by atoms with van der Waals surface area (Å²) in [5.41, 5.74) is 6.73. The highest BCUT2D eigenvalue weighted by molar-refractivity contribution is 7.22. The van der Waals surface area contributed by atoms with E-state index in [1.807, 2.05) is 0 Å². The molecule has 1 saturated carbocycles. The summed E-state index contributed by atoms with van der Waals surface area (Å²) in [6.45, 7) is 0.684. The Morgan fingerprint density at radius 3 is 2.69 bits per heavy atom. The highest BCUT2D eigenvalue weighted by Crippen LogP contribution is 2.42. The highest BCUT2D eigenvalue weighted by atomic mass is 35.5. The molecule has 0 atom stereocenters. The molecule has 0 unspecified atom stereocenters. The molecular formula is C22H21ClF2N6S. The van der Waals surface area contributed by atoms with Crippen LogP contribution in [-0.2, 0) is 0 Å². The van der Waals surface area contributed by atoms with E-state index in [2.05, 4.69) is 39.3 Å². The molecule has 166 valence electrons. The number of nitrogens with one attached hydrogen (secondary N) is 1. The van der Waals surface area contributed by atoms with Crippen molar-refractivity contribution in [3.63, 3.8) is 0 Å². The van der Waals surface area contributed by atoms with Gasteiger partial charge in [0.25, 0.3) is 0 Å². The Balaban J connectivity index is 1.62. The third-order valence-electron chi connectivity index (χ3n) is 6.42. The standard InChI is InChI=1S/C22H21ClF2N6S/c1-31(2)22(6-3-7-22)9-27-20-12-8-13(23)15(16(25)17(12)28-10-29-20)11-4-5-14(24)19-18(11)30-21(26)32-19/h4-5,8,10H,3,6-7,9H2,1-2H3,(H2,26,30)(H,27,28,29). The van der Waals surface area contributed by atoms with Gasteiger partial charge in [-0.3, -0.25) is 0 Å². The fourth-order valence-electron chi connectivity index (χ4n) is 4.33. The molecule has 2 heterocycles. The van der Waals surface area contributed by atoms with Crippen molar-refractivity contribution >= 4 is 55.0 Å². The molecule has 1 aliphatic carbocycles. The summed E-state index contributed by atoms with van der Waals surface area (Å²) < 4.78 is 30.2. The molecule has 0 amide bonds. The van der Waals surface area contributed by atoms with Crippen molar-refractivity contribution in [3.05, 3.63) is 41.2 Å². The van der Waals surface area contributed by atoms with Crippen LogP contribution in [0.25, 0.3) is 32.2 Å². The lowest BCUT2D eigenvalue weighted by atomic mass is 9.75. The van der Waals surface area contributed by atoms with E-state index >= 15 is 4.39 Å². The first-order chi connectivity index (χ1) is 15.3. The molecule has 2 aromatic heterocycles. The van der Waals surface area contributed by atoms with Gasteiger partial charge in [-0.25, -0.2) is 23.7 Å². The maximum absolute atomic E-state index is 15.8. The normalized spacial score (nSPS) is 15.4. The summed E-state index contributed by atoms with van der Waals surface area (Å²) in [4.78, 5) is 14.9. The Morgan fingerprint density at radius 2 is 2.00 bits per heavy atom. The van der Waals surface area contributed by atoms with Crippen LogP contribution in [0.15, 0.2) is 24.5 Å².